The molecule has 2 N–H and O–H groups in total. The highest BCUT2D eigenvalue weighted by Crippen LogP contribution is 2.12. The summed E-state index contributed by atoms with van der Waals surface area (Å²) >= 11 is 0. The lowest BCUT2D eigenvalue weighted by Crippen LogP contribution is -2.36. The van der Waals surface area contributed by atoms with Gasteiger partial charge in [-0.05, 0) is 31.9 Å². The first kappa shape index (κ1) is 20.4. The largest absolute Gasteiger partial charge is 0.444 e. The predicted molar refractivity (Wildman–Crippen MR) is 101 cm³/mol. The lowest BCUT2D eigenvalue weighted by molar-refractivity contribution is 0.0285. The topological polar surface area (TPSA) is 66.0 Å². The van der Waals surface area contributed by atoms with Crippen LogP contribution in [0.4, 0.5) is 4.79 Å². The normalized spacial score (nSPS) is 11.4. The number of guanidine groups is 1. The van der Waals surface area contributed by atoms with Crippen molar-refractivity contribution in [1.29, 1.82) is 0 Å². The van der Waals surface area contributed by atoms with E-state index in [1.165, 1.54) is 0 Å². The number of carbonyl (C=O) groups is 1. The van der Waals surface area contributed by atoms with Gasteiger partial charge in [-0.2, -0.15) is 0 Å². The van der Waals surface area contributed by atoms with E-state index in [9.17, 15) is 4.79 Å². The maximum absolute atomic E-state index is 12.0. The zero-order valence-corrected chi connectivity index (χ0v) is 15.7. The highest BCUT2D eigenvalue weighted by molar-refractivity contribution is 5.79. The molecule has 0 bridgehead atoms. The first-order valence-electron chi connectivity index (χ1n) is 8.15. The molecule has 0 unspecified atom stereocenters. The molecular weight excluding hydrogens is 316 g/mol. The Morgan fingerprint density at radius 3 is 2.36 bits per heavy atom. The fourth-order valence-corrected chi connectivity index (χ4v) is 1.98. The van der Waals surface area contributed by atoms with Crippen molar-refractivity contribution in [3.63, 3.8) is 0 Å². The minimum Gasteiger partial charge on any atom is -0.444 e. The monoisotopic (exact) mass is 344 g/mol. The highest BCUT2D eigenvalue weighted by atomic mass is 16.6. The summed E-state index contributed by atoms with van der Waals surface area (Å²) in [5.74, 6) is 3.16. The van der Waals surface area contributed by atoms with Gasteiger partial charge in [-0.25, -0.2) is 4.79 Å². The number of nitrogens with zero attached hydrogens (tertiary/aromatic N) is 2. The maximum atomic E-state index is 12.0. The second-order valence-corrected chi connectivity index (χ2v) is 6.64. The summed E-state index contributed by atoms with van der Waals surface area (Å²) in [5, 5.41) is 6.19. The number of ether oxygens (including phenoxy) is 1. The van der Waals surface area contributed by atoms with Crippen LogP contribution in [0.1, 0.15) is 31.9 Å². The van der Waals surface area contributed by atoms with E-state index >= 15 is 0 Å². The molecule has 0 fully saturated rings. The van der Waals surface area contributed by atoms with Crippen LogP contribution in [-0.4, -0.2) is 43.2 Å². The number of nitrogens with one attached hydrogen (secondary N) is 2. The average molecular weight is 344 g/mol. The molecule has 6 nitrogen and oxygen atoms in total. The lowest BCUT2D eigenvalue weighted by atomic mass is 10.1. The standard InChI is InChI=1S/C19H28N4O2/c1-7-12-21-17(20-5)22-13-15-8-10-16(11-9-15)14-23(6)18(24)25-19(2,3)4/h1,8-11H,12-14H2,2-6H3,(H2,20,21,22). The smallest absolute Gasteiger partial charge is 0.410 e. The number of hydrogen-bond donors (Lipinski definition) is 2. The second kappa shape index (κ2) is 9.58. The number of amides is 1. The van der Waals surface area contributed by atoms with Crippen LogP contribution >= 0.6 is 0 Å². The van der Waals surface area contributed by atoms with Crippen molar-refractivity contribution in [3.05, 3.63) is 35.4 Å². The number of carbonyl (C=O) groups excluding carboxylic acids is 1. The van der Waals surface area contributed by atoms with Crippen LogP contribution in [-0.2, 0) is 17.8 Å². The Kier molecular flexibility index (Phi) is 7.80. The maximum Gasteiger partial charge on any atom is 0.410 e. The van der Waals surface area contributed by atoms with Crippen molar-refractivity contribution in [2.45, 2.75) is 39.5 Å². The molecular formula is C19H28N4O2. The predicted octanol–water partition coefficient (Wildman–Crippen LogP) is 2.35. The zero-order chi connectivity index (χ0) is 18.9. The molecule has 6 heteroatoms. The number of terminal acetylenes is 1. The molecule has 0 aliphatic carbocycles. The Bertz CT molecular complexity index is 624. The van der Waals surface area contributed by atoms with E-state index in [1.54, 1.807) is 19.0 Å². The molecule has 0 radical (unpaired) electrons. The lowest BCUT2D eigenvalue weighted by Gasteiger charge is -2.24. The van der Waals surface area contributed by atoms with Gasteiger partial charge in [0.25, 0.3) is 0 Å². The molecule has 0 aliphatic rings. The number of rotatable bonds is 5. The molecule has 0 aliphatic heterocycles. The third-order valence-electron chi connectivity index (χ3n) is 3.19. The number of hydrogen-bond acceptors (Lipinski definition) is 3. The van der Waals surface area contributed by atoms with E-state index in [0.29, 0.717) is 25.6 Å². The van der Waals surface area contributed by atoms with Crippen molar-refractivity contribution >= 4 is 12.1 Å². The van der Waals surface area contributed by atoms with Crippen LogP contribution in [0.2, 0.25) is 0 Å². The van der Waals surface area contributed by atoms with Crippen molar-refractivity contribution in [1.82, 2.24) is 15.5 Å². The molecule has 136 valence electrons. The molecule has 0 saturated carbocycles. The molecule has 0 atom stereocenters. The Morgan fingerprint density at radius 2 is 1.84 bits per heavy atom. The Hall–Kier alpha value is -2.68. The fraction of sp³-hybridized carbons (Fsp3) is 0.474. The molecule has 1 aromatic carbocycles. The van der Waals surface area contributed by atoms with Crippen molar-refractivity contribution in [2.75, 3.05) is 20.6 Å². The van der Waals surface area contributed by atoms with E-state index in [4.69, 9.17) is 11.2 Å². The molecule has 0 heterocycles. The van der Waals surface area contributed by atoms with Crippen LogP contribution < -0.4 is 10.6 Å². The summed E-state index contributed by atoms with van der Waals surface area (Å²) in [4.78, 5) is 17.6. The van der Waals surface area contributed by atoms with Gasteiger partial charge >= 0.3 is 6.09 Å². The number of benzene rings is 1. The van der Waals surface area contributed by atoms with E-state index in [2.05, 4.69) is 21.5 Å². The molecule has 0 aromatic heterocycles. The summed E-state index contributed by atoms with van der Waals surface area (Å²) in [6, 6.07) is 8.02. The van der Waals surface area contributed by atoms with Crippen molar-refractivity contribution in [3.8, 4) is 12.3 Å². The fourth-order valence-electron chi connectivity index (χ4n) is 1.98. The molecule has 25 heavy (non-hydrogen) atoms. The Morgan fingerprint density at radius 1 is 1.24 bits per heavy atom. The first-order chi connectivity index (χ1) is 11.7. The SMILES string of the molecule is C#CCNC(=NC)NCc1ccc(CN(C)C(=O)OC(C)(C)C)cc1. The van der Waals surface area contributed by atoms with Crippen molar-refractivity contribution in [2.24, 2.45) is 4.99 Å². The Labute approximate surface area is 150 Å². The molecule has 1 amide bonds. The zero-order valence-electron chi connectivity index (χ0n) is 15.7. The van der Waals surface area contributed by atoms with Crippen LogP contribution in [0, 0.1) is 12.3 Å². The number of aliphatic imine (C=N–C) groups is 1. The highest BCUT2D eigenvalue weighted by Gasteiger charge is 2.19. The minimum absolute atomic E-state index is 0.332. The average Bonchev–Trinajstić information content (AvgIpc) is 2.55. The third kappa shape index (κ3) is 8.11. The molecule has 1 aromatic rings. The van der Waals surface area contributed by atoms with Crippen LogP contribution in [0.15, 0.2) is 29.3 Å². The van der Waals surface area contributed by atoms with E-state index in [1.807, 2.05) is 45.0 Å². The summed E-state index contributed by atoms with van der Waals surface area (Å²) < 4.78 is 5.35. The van der Waals surface area contributed by atoms with Gasteiger partial charge in [0, 0.05) is 27.2 Å². The van der Waals surface area contributed by atoms with E-state index in [-0.39, 0.29) is 6.09 Å². The van der Waals surface area contributed by atoms with Gasteiger partial charge in [-0.15, -0.1) is 6.42 Å². The van der Waals surface area contributed by atoms with Crippen LogP contribution in [0.5, 0.6) is 0 Å². The van der Waals surface area contributed by atoms with Gasteiger partial charge in [-0.3, -0.25) is 4.99 Å². The van der Waals surface area contributed by atoms with Crippen molar-refractivity contribution < 1.29 is 9.53 Å². The third-order valence-corrected chi connectivity index (χ3v) is 3.19. The van der Waals surface area contributed by atoms with Gasteiger partial charge in [0.1, 0.15) is 5.60 Å². The molecule has 0 saturated heterocycles. The summed E-state index contributed by atoms with van der Waals surface area (Å²) in [7, 11) is 3.42. The van der Waals surface area contributed by atoms with Gasteiger partial charge in [-0.1, -0.05) is 30.2 Å². The van der Waals surface area contributed by atoms with Gasteiger partial charge in [0.05, 0.1) is 6.54 Å². The molecule has 0 spiro atoms. The quantitative estimate of drug-likeness (QED) is 0.489. The summed E-state index contributed by atoms with van der Waals surface area (Å²) in [6.07, 6.45) is 4.89. The van der Waals surface area contributed by atoms with Gasteiger partial charge in [0.15, 0.2) is 5.96 Å². The summed E-state index contributed by atoms with van der Waals surface area (Å²) in [5.41, 5.74) is 1.65. The van der Waals surface area contributed by atoms with Gasteiger partial charge in [0.2, 0.25) is 0 Å². The first-order valence-corrected chi connectivity index (χ1v) is 8.15. The Balaban J connectivity index is 2.53. The summed E-state index contributed by atoms with van der Waals surface area (Å²) in [6.45, 7) is 7.11. The van der Waals surface area contributed by atoms with E-state index < -0.39 is 5.60 Å². The van der Waals surface area contributed by atoms with Gasteiger partial charge < -0.3 is 20.3 Å². The molecule has 1 rings (SSSR count). The second-order valence-electron chi connectivity index (χ2n) is 6.64. The van der Waals surface area contributed by atoms with E-state index in [0.717, 1.165) is 11.1 Å². The minimum atomic E-state index is -0.493. The van der Waals surface area contributed by atoms with Crippen LogP contribution in [0.3, 0.4) is 0 Å². The van der Waals surface area contributed by atoms with Crippen LogP contribution in [0.25, 0.3) is 0 Å².